The summed E-state index contributed by atoms with van der Waals surface area (Å²) >= 11 is 0. The highest BCUT2D eigenvalue weighted by atomic mass is 16.2. The molecule has 4 saturated carbocycles. The number of hydrazine groups is 2. The Kier molecular flexibility index (Phi) is 3.27. The number of allylic oxidation sites excluding steroid dienone is 3. The molecule has 7 aliphatic rings. The first kappa shape index (κ1) is 16.1. The van der Waals surface area contributed by atoms with Crippen LogP contribution < -0.4 is 0 Å². The largest absolute Gasteiger partial charge is 0.273 e. The zero-order valence-corrected chi connectivity index (χ0v) is 16.6. The minimum absolute atomic E-state index is 0.302. The molecule has 1 amide bonds. The quantitative estimate of drug-likeness (QED) is 0.636. The zero-order valence-electron chi connectivity index (χ0n) is 16.6. The van der Waals surface area contributed by atoms with Crippen LogP contribution in [0.4, 0.5) is 0 Å². The predicted molar refractivity (Wildman–Crippen MR) is 107 cm³/mol. The highest BCUT2D eigenvalue weighted by Crippen LogP contribution is 2.66. The standard InChI is InChI=1S/C24H31N3O/c28-20-12-6-14-26-25-13-4-3-9-17-15-7-1-2-8-16(15)21-18-10-5-11-19(18)23(27(20)26)24(25)22(17)21/h3-4,6,9,13-19,21-24H,1-2,5,7-8,10-12H2. The van der Waals surface area contributed by atoms with Crippen LogP contribution in [-0.4, -0.2) is 33.1 Å². The van der Waals surface area contributed by atoms with Gasteiger partial charge in [0.1, 0.15) is 0 Å². The molecule has 0 bridgehead atoms. The average molecular weight is 378 g/mol. The number of fused-ring (bicyclic) bond motifs is 9. The van der Waals surface area contributed by atoms with E-state index in [1.807, 2.05) is 6.08 Å². The molecule has 9 atom stereocenters. The summed E-state index contributed by atoms with van der Waals surface area (Å²) < 4.78 is 0. The maximum atomic E-state index is 13.1. The highest BCUT2D eigenvalue weighted by molar-refractivity contribution is 5.79. The van der Waals surface area contributed by atoms with Gasteiger partial charge in [0.2, 0.25) is 5.91 Å². The lowest BCUT2D eigenvalue weighted by molar-refractivity contribution is -0.157. The van der Waals surface area contributed by atoms with Crippen LogP contribution in [-0.2, 0) is 4.79 Å². The summed E-state index contributed by atoms with van der Waals surface area (Å²) in [5.41, 5.74) is 0. The molecule has 0 aromatic rings. The molecule has 3 aliphatic heterocycles. The van der Waals surface area contributed by atoms with Gasteiger partial charge in [-0.15, -0.1) is 0 Å². The van der Waals surface area contributed by atoms with Crippen LogP contribution in [0.15, 0.2) is 36.7 Å². The first-order valence-electron chi connectivity index (χ1n) is 11.8. The molecular weight excluding hydrogens is 346 g/mol. The minimum atomic E-state index is 0.302. The van der Waals surface area contributed by atoms with E-state index in [-0.39, 0.29) is 0 Å². The SMILES string of the molecule is O=C1CC=CN2N3C=CC=CC4C5CCCCC5C5C6CCCC6C(C3C45)N12. The van der Waals surface area contributed by atoms with Crippen molar-refractivity contribution in [3.05, 3.63) is 36.7 Å². The second-order valence-corrected chi connectivity index (χ2v) is 10.3. The Hall–Kier alpha value is -1.71. The first-order chi connectivity index (χ1) is 13.8. The van der Waals surface area contributed by atoms with Gasteiger partial charge in [0.15, 0.2) is 0 Å². The van der Waals surface area contributed by atoms with Crippen molar-refractivity contribution in [2.75, 3.05) is 0 Å². The van der Waals surface area contributed by atoms with Crippen molar-refractivity contribution in [1.29, 1.82) is 0 Å². The number of rotatable bonds is 0. The number of hydrogen-bond acceptors (Lipinski definition) is 3. The second kappa shape index (κ2) is 5.67. The van der Waals surface area contributed by atoms with E-state index in [4.69, 9.17) is 0 Å². The Balaban J connectivity index is 1.42. The first-order valence-corrected chi connectivity index (χ1v) is 11.8. The lowest BCUT2D eigenvalue weighted by atomic mass is 9.60. The molecule has 3 heterocycles. The van der Waals surface area contributed by atoms with Crippen molar-refractivity contribution in [3.8, 4) is 0 Å². The lowest BCUT2D eigenvalue weighted by Gasteiger charge is -2.48. The van der Waals surface area contributed by atoms with Crippen LogP contribution in [0.5, 0.6) is 0 Å². The smallest absolute Gasteiger partial charge is 0.246 e. The lowest BCUT2D eigenvalue weighted by Crippen LogP contribution is -2.57. The highest BCUT2D eigenvalue weighted by Gasteiger charge is 2.67. The van der Waals surface area contributed by atoms with Crippen molar-refractivity contribution < 1.29 is 4.79 Å². The Morgan fingerprint density at radius 1 is 0.786 bits per heavy atom. The Bertz CT molecular complexity index is 787. The van der Waals surface area contributed by atoms with Crippen molar-refractivity contribution in [2.45, 2.75) is 63.5 Å². The van der Waals surface area contributed by atoms with Crippen molar-refractivity contribution >= 4 is 5.91 Å². The maximum absolute atomic E-state index is 13.1. The monoisotopic (exact) mass is 377 g/mol. The second-order valence-electron chi connectivity index (χ2n) is 10.3. The summed E-state index contributed by atoms with van der Waals surface area (Å²) in [6.45, 7) is 0. The third kappa shape index (κ3) is 1.85. The topological polar surface area (TPSA) is 26.8 Å². The van der Waals surface area contributed by atoms with Gasteiger partial charge >= 0.3 is 0 Å². The van der Waals surface area contributed by atoms with Crippen LogP contribution in [0.2, 0.25) is 0 Å². The summed E-state index contributed by atoms with van der Waals surface area (Å²) in [5, 5.41) is 6.82. The Morgan fingerprint density at radius 2 is 1.57 bits per heavy atom. The summed E-state index contributed by atoms with van der Waals surface area (Å²) in [6.07, 6.45) is 24.0. The third-order valence-electron chi connectivity index (χ3n) is 9.57. The molecule has 0 aromatic heterocycles. The van der Waals surface area contributed by atoms with Gasteiger partial charge in [0.25, 0.3) is 0 Å². The Morgan fingerprint density at radius 3 is 2.50 bits per heavy atom. The molecule has 0 spiro atoms. The average Bonchev–Trinajstić information content (AvgIpc) is 3.36. The summed E-state index contributed by atoms with van der Waals surface area (Å²) in [6, 6.07) is 0.845. The van der Waals surface area contributed by atoms with Crippen LogP contribution in [0.25, 0.3) is 0 Å². The zero-order chi connectivity index (χ0) is 18.4. The molecule has 4 aliphatic carbocycles. The number of carbonyl (C=O) groups is 1. The van der Waals surface area contributed by atoms with Crippen molar-refractivity contribution in [3.63, 3.8) is 0 Å². The van der Waals surface area contributed by atoms with Gasteiger partial charge in [0.05, 0.1) is 12.1 Å². The minimum Gasteiger partial charge on any atom is -0.273 e. The fraction of sp³-hybridized carbons (Fsp3) is 0.708. The van der Waals surface area contributed by atoms with Crippen LogP contribution in [0.3, 0.4) is 0 Å². The van der Waals surface area contributed by atoms with Gasteiger partial charge < -0.3 is 0 Å². The number of nitrogens with zero attached hydrogens (tertiary/aromatic N) is 3. The van der Waals surface area contributed by atoms with Crippen molar-refractivity contribution in [2.24, 2.45) is 41.4 Å². The maximum Gasteiger partial charge on any atom is 0.246 e. The number of amides is 1. The van der Waals surface area contributed by atoms with E-state index < -0.39 is 0 Å². The molecule has 7 rings (SSSR count). The van der Waals surface area contributed by atoms with E-state index in [2.05, 4.69) is 45.8 Å². The van der Waals surface area contributed by atoms with Gasteiger partial charge in [-0.2, -0.15) is 5.12 Å². The van der Waals surface area contributed by atoms with E-state index in [9.17, 15) is 4.79 Å². The fourth-order valence-electron chi connectivity index (χ4n) is 9.01. The molecule has 1 saturated heterocycles. The van der Waals surface area contributed by atoms with Crippen LogP contribution in [0.1, 0.15) is 51.4 Å². The fourth-order valence-corrected chi connectivity index (χ4v) is 9.01. The molecular formula is C24H31N3O. The molecule has 5 fully saturated rings. The summed E-state index contributed by atoms with van der Waals surface area (Å²) in [4.78, 5) is 13.1. The van der Waals surface area contributed by atoms with E-state index >= 15 is 0 Å². The van der Waals surface area contributed by atoms with Crippen molar-refractivity contribution in [1.82, 2.24) is 15.1 Å². The molecule has 4 heteroatoms. The van der Waals surface area contributed by atoms with E-state index in [1.54, 1.807) is 0 Å². The summed E-state index contributed by atoms with van der Waals surface area (Å²) in [5.74, 6) is 5.96. The molecule has 148 valence electrons. The normalized spacial score (nSPS) is 50.2. The van der Waals surface area contributed by atoms with Gasteiger partial charge in [-0.05, 0) is 73.2 Å². The van der Waals surface area contributed by atoms with E-state index in [0.29, 0.717) is 42.2 Å². The summed E-state index contributed by atoms with van der Waals surface area (Å²) in [7, 11) is 0. The Labute approximate surface area is 167 Å². The van der Waals surface area contributed by atoms with Crippen LogP contribution in [0, 0.1) is 41.4 Å². The molecule has 0 aromatic carbocycles. The van der Waals surface area contributed by atoms with Gasteiger partial charge in [-0.3, -0.25) is 9.80 Å². The molecule has 9 unspecified atom stereocenters. The van der Waals surface area contributed by atoms with E-state index in [1.165, 1.54) is 44.9 Å². The predicted octanol–water partition coefficient (Wildman–Crippen LogP) is 4.10. The number of carbonyl (C=O) groups excluding carboxylic acids is 1. The molecule has 28 heavy (non-hydrogen) atoms. The third-order valence-corrected chi connectivity index (χ3v) is 9.57. The van der Waals surface area contributed by atoms with Gasteiger partial charge in [-0.25, -0.2) is 5.01 Å². The molecule has 0 N–H and O–H groups in total. The molecule has 0 radical (unpaired) electrons. The van der Waals surface area contributed by atoms with Gasteiger partial charge in [-0.1, -0.05) is 37.5 Å². The van der Waals surface area contributed by atoms with Crippen LogP contribution >= 0.6 is 0 Å². The molecule has 4 nitrogen and oxygen atoms in total. The number of hydrogen-bond donors (Lipinski definition) is 0. The van der Waals surface area contributed by atoms with Gasteiger partial charge in [0, 0.05) is 18.8 Å². The van der Waals surface area contributed by atoms with E-state index in [0.717, 1.165) is 23.7 Å².